The van der Waals surface area contributed by atoms with Gasteiger partial charge in [0.2, 0.25) is 6.23 Å². The van der Waals surface area contributed by atoms with Crippen LogP contribution in [0.15, 0.2) is 17.1 Å². The van der Waals surface area contributed by atoms with Crippen molar-refractivity contribution in [3.63, 3.8) is 0 Å². The summed E-state index contributed by atoms with van der Waals surface area (Å²) in [6, 6.07) is 1.16. The van der Waals surface area contributed by atoms with Crippen LogP contribution in [0.2, 0.25) is 0 Å². The van der Waals surface area contributed by atoms with Crippen LogP contribution >= 0.6 is 0 Å². The van der Waals surface area contributed by atoms with E-state index in [0.29, 0.717) is 11.0 Å². The molecule has 3 N–H and O–H groups in total. The number of aliphatic hydroxyl groups is 1. The van der Waals surface area contributed by atoms with Gasteiger partial charge in [-0.3, -0.25) is 9.36 Å². The first-order chi connectivity index (χ1) is 11.3. The Labute approximate surface area is 136 Å². The van der Waals surface area contributed by atoms with E-state index in [1.54, 1.807) is 0 Å². The Morgan fingerprint density at radius 3 is 2.92 bits per heavy atom. The van der Waals surface area contributed by atoms with Gasteiger partial charge in [-0.05, 0) is 12.5 Å². The van der Waals surface area contributed by atoms with Gasteiger partial charge in [0, 0.05) is 12.6 Å². The number of alkyl halides is 2. The van der Waals surface area contributed by atoms with E-state index in [-0.39, 0.29) is 12.2 Å². The molecule has 3 unspecified atom stereocenters. The number of unbranched alkanes of at least 4 members (excludes halogenated alkanes) is 1. The third-order valence-corrected chi connectivity index (χ3v) is 3.63. The first-order valence-electron chi connectivity index (χ1n) is 7.49. The molecule has 1 fully saturated rings. The number of nitrogens with two attached hydrogens (primary N) is 1. The maximum Gasteiger partial charge on any atom is 0.351 e. The lowest BCUT2D eigenvalue weighted by Gasteiger charge is -2.20. The number of nitrogen functional groups attached to an aromatic ring is 1. The van der Waals surface area contributed by atoms with Crippen molar-refractivity contribution in [1.29, 1.82) is 0 Å². The second-order valence-corrected chi connectivity index (χ2v) is 5.48. The van der Waals surface area contributed by atoms with E-state index < -0.39 is 42.6 Å². The van der Waals surface area contributed by atoms with Crippen LogP contribution in [0, 0.1) is 0 Å². The van der Waals surface area contributed by atoms with Crippen LogP contribution in [0.25, 0.3) is 0 Å². The van der Waals surface area contributed by atoms with Crippen molar-refractivity contribution in [2.24, 2.45) is 0 Å². The van der Waals surface area contributed by atoms with Gasteiger partial charge >= 0.3 is 17.6 Å². The van der Waals surface area contributed by atoms with Gasteiger partial charge in [0.1, 0.15) is 18.5 Å². The number of ether oxygens (including phenoxy) is 2. The summed E-state index contributed by atoms with van der Waals surface area (Å²) >= 11 is 0. The minimum absolute atomic E-state index is 0.125. The average Bonchev–Trinajstić information content (AvgIpc) is 2.74. The van der Waals surface area contributed by atoms with Crippen molar-refractivity contribution in [3.05, 3.63) is 22.7 Å². The highest BCUT2D eigenvalue weighted by Crippen LogP contribution is 2.42. The summed E-state index contributed by atoms with van der Waals surface area (Å²) in [5.41, 5.74) is 4.27. The molecule has 8 nitrogen and oxygen atoms in total. The fourth-order valence-corrected chi connectivity index (χ4v) is 2.28. The standard InChI is InChI=1S/C14H19F2N3O5/c1-2-3-4-10(20)23-7-8-11(21)14(15,16)12(24-8)19-6-5-9(17)18-13(19)22/h5-6,8,11-12,21H,2-4,7H2,1H3,(H2,17,18,22). The fraction of sp³-hybridized carbons (Fsp3) is 0.643. The van der Waals surface area contributed by atoms with Gasteiger partial charge in [-0.15, -0.1) is 0 Å². The van der Waals surface area contributed by atoms with Crippen LogP contribution in [-0.2, 0) is 14.3 Å². The highest BCUT2D eigenvalue weighted by Gasteiger charge is 2.60. The molecule has 0 amide bonds. The number of hydrogen-bond donors (Lipinski definition) is 2. The van der Waals surface area contributed by atoms with Gasteiger partial charge in [0.15, 0.2) is 6.10 Å². The van der Waals surface area contributed by atoms with Gasteiger partial charge in [0.05, 0.1) is 0 Å². The molecule has 2 heterocycles. The van der Waals surface area contributed by atoms with E-state index in [0.717, 1.165) is 18.7 Å². The summed E-state index contributed by atoms with van der Waals surface area (Å²) in [6.07, 6.45) is -3.20. The number of esters is 1. The summed E-state index contributed by atoms with van der Waals surface area (Å²) in [6.45, 7) is 1.35. The van der Waals surface area contributed by atoms with E-state index in [1.807, 2.05) is 6.92 Å². The molecule has 0 spiro atoms. The first kappa shape index (κ1) is 18.3. The highest BCUT2D eigenvalue weighted by molar-refractivity contribution is 5.69. The second-order valence-electron chi connectivity index (χ2n) is 5.48. The van der Waals surface area contributed by atoms with E-state index in [2.05, 4.69) is 4.98 Å². The fourth-order valence-electron chi connectivity index (χ4n) is 2.28. The molecule has 10 heteroatoms. The van der Waals surface area contributed by atoms with Crippen molar-refractivity contribution in [2.75, 3.05) is 12.3 Å². The second kappa shape index (κ2) is 7.22. The van der Waals surface area contributed by atoms with Crippen molar-refractivity contribution in [3.8, 4) is 0 Å². The zero-order chi connectivity index (χ0) is 17.9. The van der Waals surface area contributed by atoms with Crippen LogP contribution in [0.4, 0.5) is 14.6 Å². The summed E-state index contributed by atoms with van der Waals surface area (Å²) in [5.74, 6) is -4.45. The highest BCUT2D eigenvalue weighted by atomic mass is 19.3. The lowest BCUT2D eigenvalue weighted by molar-refractivity contribution is -0.150. The molecule has 2 rings (SSSR count). The van der Waals surface area contributed by atoms with Crippen LogP contribution in [-0.4, -0.2) is 45.4 Å². The summed E-state index contributed by atoms with van der Waals surface area (Å²) in [5, 5.41) is 9.76. The van der Waals surface area contributed by atoms with E-state index >= 15 is 0 Å². The molecular formula is C14H19F2N3O5. The number of carbonyl (C=O) groups is 1. The van der Waals surface area contributed by atoms with Crippen molar-refractivity contribution >= 4 is 11.8 Å². The number of hydrogen-bond acceptors (Lipinski definition) is 7. The van der Waals surface area contributed by atoms with Crippen LogP contribution in [0.3, 0.4) is 0 Å². The van der Waals surface area contributed by atoms with Gasteiger partial charge in [0.25, 0.3) is 0 Å². The molecule has 0 radical (unpaired) electrons. The Morgan fingerprint density at radius 2 is 2.29 bits per heavy atom. The molecule has 0 aromatic carbocycles. The number of halogens is 2. The maximum absolute atomic E-state index is 14.2. The Morgan fingerprint density at radius 1 is 1.58 bits per heavy atom. The summed E-state index contributed by atoms with van der Waals surface area (Å²) in [7, 11) is 0. The largest absolute Gasteiger partial charge is 0.463 e. The van der Waals surface area contributed by atoms with Crippen LogP contribution < -0.4 is 11.4 Å². The first-order valence-corrected chi connectivity index (χ1v) is 7.49. The van der Waals surface area contributed by atoms with E-state index in [9.17, 15) is 23.5 Å². The molecule has 1 aliphatic rings. The zero-order valence-corrected chi connectivity index (χ0v) is 13.0. The molecule has 24 heavy (non-hydrogen) atoms. The third-order valence-electron chi connectivity index (χ3n) is 3.63. The summed E-state index contributed by atoms with van der Waals surface area (Å²) < 4.78 is 38.9. The van der Waals surface area contributed by atoms with Gasteiger partial charge in [-0.2, -0.15) is 13.8 Å². The normalized spacial score (nSPS) is 25.6. The predicted molar refractivity (Wildman–Crippen MR) is 78.3 cm³/mol. The molecule has 0 saturated carbocycles. The van der Waals surface area contributed by atoms with Crippen molar-refractivity contribution in [2.45, 2.75) is 50.5 Å². The number of nitrogens with zero attached hydrogens (tertiary/aromatic N) is 2. The van der Waals surface area contributed by atoms with E-state index in [4.69, 9.17) is 15.2 Å². The van der Waals surface area contributed by atoms with Crippen molar-refractivity contribution in [1.82, 2.24) is 9.55 Å². The topological polar surface area (TPSA) is 117 Å². The van der Waals surface area contributed by atoms with Gasteiger partial charge in [-0.25, -0.2) is 4.79 Å². The summed E-state index contributed by atoms with van der Waals surface area (Å²) in [4.78, 5) is 26.5. The molecule has 3 atom stereocenters. The number of aromatic nitrogens is 2. The Bertz CT molecular complexity index is 652. The molecule has 0 aliphatic carbocycles. The number of anilines is 1. The van der Waals surface area contributed by atoms with Gasteiger partial charge < -0.3 is 20.3 Å². The Hall–Kier alpha value is -2.07. The smallest absolute Gasteiger partial charge is 0.351 e. The Balaban J connectivity index is 2.10. The van der Waals surface area contributed by atoms with Crippen LogP contribution in [0.5, 0.6) is 0 Å². The van der Waals surface area contributed by atoms with Gasteiger partial charge in [-0.1, -0.05) is 13.3 Å². The maximum atomic E-state index is 14.2. The quantitative estimate of drug-likeness (QED) is 0.718. The molecule has 1 saturated heterocycles. The molecule has 1 aromatic rings. The molecule has 0 bridgehead atoms. The van der Waals surface area contributed by atoms with Crippen LogP contribution in [0.1, 0.15) is 32.4 Å². The number of aliphatic hydroxyl groups excluding tert-OH is 1. The van der Waals surface area contributed by atoms with E-state index in [1.165, 1.54) is 0 Å². The Kier molecular flexibility index (Phi) is 5.50. The third kappa shape index (κ3) is 3.70. The van der Waals surface area contributed by atoms with Crippen molar-refractivity contribution < 1.29 is 28.2 Å². The molecule has 1 aliphatic heterocycles. The minimum atomic E-state index is -3.76. The lowest BCUT2D eigenvalue weighted by Crippen LogP contribution is -2.42. The zero-order valence-electron chi connectivity index (χ0n) is 13.0. The SMILES string of the molecule is CCCCC(=O)OCC1OC(n2ccc(N)nc2=O)C(F)(F)C1O. The number of carbonyl (C=O) groups excluding carboxylic acids is 1. The predicted octanol–water partition coefficient (Wildman–Crippen LogP) is 0.452. The molecule has 134 valence electrons. The number of rotatable bonds is 6. The lowest BCUT2D eigenvalue weighted by atomic mass is 10.1. The molecular weight excluding hydrogens is 328 g/mol. The monoisotopic (exact) mass is 347 g/mol. The molecule has 1 aromatic heterocycles. The average molecular weight is 347 g/mol. The minimum Gasteiger partial charge on any atom is -0.463 e.